The summed E-state index contributed by atoms with van der Waals surface area (Å²) in [6.07, 6.45) is 1.92. The fourth-order valence-electron chi connectivity index (χ4n) is 3.07. The van der Waals surface area contributed by atoms with Crippen LogP contribution in [0.4, 0.5) is 0 Å². The van der Waals surface area contributed by atoms with Crippen LogP contribution >= 0.6 is 0 Å². The molecule has 6 heteroatoms. The number of rotatable bonds is 8. The molecule has 6 nitrogen and oxygen atoms in total. The largest absolute Gasteiger partial charge is 0.493 e. The van der Waals surface area contributed by atoms with Gasteiger partial charge in [0, 0.05) is 11.6 Å². The Labute approximate surface area is 177 Å². The van der Waals surface area contributed by atoms with E-state index < -0.39 is 12.1 Å². The first-order valence-corrected chi connectivity index (χ1v) is 9.52. The molecular formula is C24H28O6. The smallest absolute Gasteiger partial charge is 0.331 e. The van der Waals surface area contributed by atoms with Gasteiger partial charge in [-0.25, -0.2) is 4.79 Å². The number of methoxy groups -OCH3 is 3. The van der Waals surface area contributed by atoms with Gasteiger partial charge in [-0.3, -0.25) is 4.79 Å². The van der Waals surface area contributed by atoms with Crippen LogP contribution in [0.2, 0.25) is 0 Å². The van der Waals surface area contributed by atoms with Gasteiger partial charge in [-0.2, -0.15) is 0 Å². The number of esters is 1. The van der Waals surface area contributed by atoms with Crippen LogP contribution in [-0.4, -0.2) is 39.2 Å². The third-order valence-electron chi connectivity index (χ3n) is 4.87. The molecular weight excluding hydrogens is 384 g/mol. The minimum Gasteiger partial charge on any atom is -0.493 e. The predicted octanol–water partition coefficient (Wildman–Crippen LogP) is 4.47. The zero-order valence-electron chi connectivity index (χ0n) is 18.5. The van der Waals surface area contributed by atoms with E-state index in [1.54, 1.807) is 25.1 Å². The molecule has 0 aliphatic heterocycles. The van der Waals surface area contributed by atoms with Crippen molar-refractivity contribution in [2.45, 2.75) is 33.8 Å². The van der Waals surface area contributed by atoms with E-state index in [0.717, 1.165) is 16.7 Å². The van der Waals surface area contributed by atoms with Gasteiger partial charge in [0.05, 0.1) is 21.3 Å². The molecule has 160 valence electrons. The van der Waals surface area contributed by atoms with E-state index in [1.165, 1.54) is 27.4 Å². The summed E-state index contributed by atoms with van der Waals surface area (Å²) in [7, 11) is 4.55. The Morgan fingerprint density at radius 1 is 0.833 bits per heavy atom. The summed E-state index contributed by atoms with van der Waals surface area (Å²) < 4.78 is 21.2. The van der Waals surface area contributed by atoms with Gasteiger partial charge in [0.15, 0.2) is 17.6 Å². The van der Waals surface area contributed by atoms with Crippen molar-refractivity contribution >= 4 is 17.8 Å². The second kappa shape index (κ2) is 9.96. The highest BCUT2D eigenvalue weighted by Gasteiger charge is 2.21. The number of carbonyl (C=O) groups is 2. The van der Waals surface area contributed by atoms with Crippen LogP contribution in [0.15, 0.2) is 30.3 Å². The summed E-state index contributed by atoms with van der Waals surface area (Å²) in [4.78, 5) is 25.0. The van der Waals surface area contributed by atoms with Crippen molar-refractivity contribution in [2.75, 3.05) is 21.3 Å². The molecule has 1 atom stereocenters. The molecule has 30 heavy (non-hydrogen) atoms. The second-order valence-electron chi connectivity index (χ2n) is 6.99. The minimum absolute atomic E-state index is 0.231. The molecule has 0 saturated heterocycles. The van der Waals surface area contributed by atoms with Crippen LogP contribution in [0.3, 0.4) is 0 Å². The van der Waals surface area contributed by atoms with Crippen molar-refractivity contribution in [3.05, 3.63) is 58.2 Å². The number of benzene rings is 2. The predicted molar refractivity (Wildman–Crippen MR) is 116 cm³/mol. The quantitative estimate of drug-likeness (QED) is 0.362. The molecule has 0 N–H and O–H groups in total. The van der Waals surface area contributed by atoms with Crippen LogP contribution < -0.4 is 14.2 Å². The molecule has 0 aliphatic rings. The third-order valence-corrected chi connectivity index (χ3v) is 4.87. The van der Waals surface area contributed by atoms with Crippen LogP contribution in [0.1, 0.15) is 39.5 Å². The van der Waals surface area contributed by atoms with E-state index in [-0.39, 0.29) is 5.78 Å². The fraction of sp³-hybridized carbons (Fsp3) is 0.333. The van der Waals surface area contributed by atoms with Gasteiger partial charge >= 0.3 is 5.97 Å². The standard InChI is InChI=1S/C24H28O6/c1-14-10-16(3)19(11-15(14)2)23(26)17(4)30-22(25)9-8-18-12-20(27-5)24(29-7)21(13-18)28-6/h8-13,17H,1-7H3/b9-8+/t17-/m0/s1. The monoisotopic (exact) mass is 412 g/mol. The van der Waals surface area contributed by atoms with Crippen molar-refractivity contribution < 1.29 is 28.5 Å². The number of Topliss-reactive ketones (excluding diaryl/α,β-unsaturated/α-hetero) is 1. The molecule has 0 unspecified atom stereocenters. The van der Waals surface area contributed by atoms with Gasteiger partial charge in [-0.15, -0.1) is 0 Å². The number of hydrogen-bond donors (Lipinski definition) is 0. The second-order valence-corrected chi connectivity index (χ2v) is 6.99. The molecule has 2 aromatic rings. The van der Waals surface area contributed by atoms with Crippen molar-refractivity contribution in [3.63, 3.8) is 0 Å². The Bertz CT molecular complexity index is 949. The van der Waals surface area contributed by atoms with Gasteiger partial charge in [0.2, 0.25) is 11.5 Å². The zero-order chi connectivity index (χ0) is 22.4. The molecule has 0 bridgehead atoms. The summed E-state index contributed by atoms with van der Waals surface area (Å²) in [6, 6.07) is 7.21. The molecule has 0 saturated carbocycles. The van der Waals surface area contributed by atoms with E-state index >= 15 is 0 Å². The number of aryl methyl sites for hydroxylation is 3. The molecule has 0 aromatic heterocycles. The van der Waals surface area contributed by atoms with E-state index in [1.807, 2.05) is 32.9 Å². The van der Waals surface area contributed by atoms with Gasteiger partial charge < -0.3 is 18.9 Å². The maximum atomic E-state index is 12.7. The van der Waals surface area contributed by atoms with E-state index in [2.05, 4.69) is 0 Å². The van der Waals surface area contributed by atoms with Gasteiger partial charge in [-0.05, 0) is 74.2 Å². The first kappa shape index (κ1) is 23.0. The van der Waals surface area contributed by atoms with E-state index in [0.29, 0.717) is 28.4 Å². The lowest BCUT2D eigenvalue weighted by molar-refractivity contribution is -0.140. The fourth-order valence-corrected chi connectivity index (χ4v) is 3.07. The first-order chi connectivity index (χ1) is 14.2. The molecule has 0 radical (unpaired) electrons. The summed E-state index contributed by atoms with van der Waals surface area (Å²) in [6.45, 7) is 7.39. The van der Waals surface area contributed by atoms with Crippen molar-refractivity contribution in [1.82, 2.24) is 0 Å². The van der Waals surface area contributed by atoms with Crippen LogP contribution in [-0.2, 0) is 9.53 Å². The van der Waals surface area contributed by atoms with Crippen LogP contribution in [0.5, 0.6) is 17.2 Å². The summed E-state index contributed by atoms with van der Waals surface area (Å²) in [5.41, 5.74) is 4.21. The van der Waals surface area contributed by atoms with E-state index in [9.17, 15) is 9.59 Å². The Balaban J connectivity index is 2.14. The summed E-state index contributed by atoms with van der Waals surface area (Å²) in [5, 5.41) is 0. The zero-order valence-corrected chi connectivity index (χ0v) is 18.5. The Hall–Kier alpha value is -3.28. The Morgan fingerprint density at radius 2 is 1.40 bits per heavy atom. The Morgan fingerprint density at radius 3 is 1.93 bits per heavy atom. The Kier molecular flexibility index (Phi) is 7.64. The number of hydrogen-bond acceptors (Lipinski definition) is 6. The lowest BCUT2D eigenvalue weighted by Gasteiger charge is -2.14. The molecule has 0 aliphatic carbocycles. The molecule has 0 amide bonds. The number of ketones is 1. The van der Waals surface area contributed by atoms with Crippen LogP contribution in [0.25, 0.3) is 6.08 Å². The number of carbonyl (C=O) groups excluding carboxylic acids is 2. The maximum absolute atomic E-state index is 12.7. The average Bonchev–Trinajstić information content (AvgIpc) is 2.73. The highest BCUT2D eigenvalue weighted by Crippen LogP contribution is 2.38. The molecule has 0 spiro atoms. The topological polar surface area (TPSA) is 71.1 Å². The maximum Gasteiger partial charge on any atom is 0.331 e. The SMILES string of the molecule is COc1cc(/C=C/C(=O)O[C@@H](C)C(=O)c2cc(C)c(C)cc2C)cc(OC)c1OC. The molecule has 2 aromatic carbocycles. The third kappa shape index (κ3) is 5.20. The molecule has 2 rings (SSSR count). The summed E-state index contributed by atoms with van der Waals surface area (Å²) in [5.74, 6) is 0.552. The van der Waals surface area contributed by atoms with Crippen LogP contribution in [0, 0.1) is 20.8 Å². The van der Waals surface area contributed by atoms with Crippen molar-refractivity contribution in [2.24, 2.45) is 0 Å². The van der Waals surface area contributed by atoms with Crippen molar-refractivity contribution in [1.29, 1.82) is 0 Å². The summed E-state index contributed by atoms with van der Waals surface area (Å²) >= 11 is 0. The lowest BCUT2D eigenvalue weighted by Crippen LogP contribution is -2.24. The lowest BCUT2D eigenvalue weighted by atomic mass is 9.96. The number of ether oxygens (including phenoxy) is 4. The van der Waals surface area contributed by atoms with E-state index in [4.69, 9.17) is 18.9 Å². The highest BCUT2D eigenvalue weighted by molar-refractivity contribution is 6.02. The highest BCUT2D eigenvalue weighted by atomic mass is 16.5. The first-order valence-electron chi connectivity index (χ1n) is 9.52. The molecule has 0 heterocycles. The molecule has 0 fully saturated rings. The average molecular weight is 412 g/mol. The van der Waals surface area contributed by atoms with Gasteiger partial charge in [0.1, 0.15) is 0 Å². The van der Waals surface area contributed by atoms with Gasteiger partial charge in [0.25, 0.3) is 0 Å². The van der Waals surface area contributed by atoms with Gasteiger partial charge in [-0.1, -0.05) is 6.07 Å². The minimum atomic E-state index is -0.900. The normalized spacial score (nSPS) is 11.8. The van der Waals surface area contributed by atoms with Crippen molar-refractivity contribution in [3.8, 4) is 17.2 Å².